The zero-order valence-corrected chi connectivity index (χ0v) is 13.4. The van der Waals surface area contributed by atoms with Gasteiger partial charge in [0.15, 0.2) is 0 Å². The van der Waals surface area contributed by atoms with Gasteiger partial charge in [-0.2, -0.15) is 0 Å². The quantitative estimate of drug-likeness (QED) is 0.821. The number of fused-ring (bicyclic) bond motifs is 2. The Balaban J connectivity index is 0.00000133. The fraction of sp³-hybridized carbons (Fsp3) is 0.625. The smallest absolute Gasteiger partial charge is 0.115 e. The monoisotopic (exact) mass is 325 g/mol. The molecule has 0 spiro atoms. The van der Waals surface area contributed by atoms with Crippen molar-refractivity contribution in [3.63, 3.8) is 0 Å². The number of benzene rings is 1. The first kappa shape index (κ1) is 14.9. The summed E-state index contributed by atoms with van der Waals surface area (Å²) in [4.78, 5) is 0. The SMILES string of the molecule is Br.CC1CC(c2cccc(O)c2)C2CCNC1(C)C2. The molecule has 4 unspecified atom stereocenters. The summed E-state index contributed by atoms with van der Waals surface area (Å²) in [6, 6.07) is 7.89. The third kappa shape index (κ3) is 2.68. The molecule has 2 nitrogen and oxygen atoms in total. The predicted molar refractivity (Wildman–Crippen MR) is 84.1 cm³/mol. The van der Waals surface area contributed by atoms with E-state index >= 15 is 0 Å². The summed E-state index contributed by atoms with van der Waals surface area (Å²) in [5.41, 5.74) is 1.66. The van der Waals surface area contributed by atoms with Gasteiger partial charge in [0.05, 0.1) is 0 Å². The summed E-state index contributed by atoms with van der Waals surface area (Å²) in [5.74, 6) is 2.50. The van der Waals surface area contributed by atoms with Crippen LogP contribution in [0.1, 0.15) is 44.6 Å². The maximum atomic E-state index is 9.67. The van der Waals surface area contributed by atoms with Gasteiger partial charge in [0, 0.05) is 5.54 Å². The first-order chi connectivity index (χ1) is 8.58. The second kappa shape index (κ2) is 5.45. The Bertz CT molecular complexity index is 450. The van der Waals surface area contributed by atoms with Gasteiger partial charge in [0.25, 0.3) is 0 Å². The van der Waals surface area contributed by atoms with Crippen LogP contribution in [0.15, 0.2) is 24.3 Å². The van der Waals surface area contributed by atoms with E-state index < -0.39 is 0 Å². The van der Waals surface area contributed by atoms with Gasteiger partial charge in [-0.25, -0.2) is 0 Å². The highest BCUT2D eigenvalue weighted by molar-refractivity contribution is 8.93. The molecule has 0 amide bonds. The van der Waals surface area contributed by atoms with Crippen LogP contribution in [-0.2, 0) is 0 Å². The van der Waals surface area contributed by atoms with Crippen molar-refractivity contribution in [3.8, 4) is 5.75 Å². The molecule has 1 heterocycles. The Hall–Kier alpha value is -0.540. The van der Waals surface area contributed by atoms with Crippen LogP contribution >= 0.6 is 17.0 Å². The summed E-state index contributed by atoms with van der Waals surface area (Å²) in [5, 5.41) is 13.4. The zero-order chi connectivity index (χ0) is 12.8. The van der Waals surface area contributed by atoms with E-state index in [1.54, 1.807) is 6.07 Å². The lowest BCUT2D eigenvalue weighted by molar-refractivity contribution is 0.0708. The third-order valence-corrected chi connectivity index (χ3v) is 5.29. The first-order valence-electron chi connectivity index (χ1n) is 7.12. The standard InChI is InChI=1S/C16H23NO.BrH/c1-11-8-15(12-4-3-5-14(18)9-12)13-6-7-17-16(11,2)10-13;/h3-5,9,11,13,15,17-18H,6-8,10H2,1-2H3;1H. The van der Waals surface area contributed by atoms with Gasteiger partial charge in [-0.3, -0.25) is 0 Å². The predicted octanol–water partition coefficient (Wildman–Crippen LogP) is 3.85. The second-order valence-corrected chi connectivity index (χ2v) is 6.44. The number of phenolic OH excluding ortho intramolecular Hbond substituents is 1. The highest BCUT2D eigenvalue weighted by atomic mass is 79.9. The average Bonchev–Trinajstić information content (AvgIpc) is 2.34. The maximum Gasteiger partial charge on any atom is 0.115 e. The Labute approximate surface area is 126 Å². The lowest BCUT2D eigenvalue weighted by atomic mass is 9.61. The molecular weight excluding hydrogens is 302 g/mol. The minimum Gasteiger partial charge on any atom is -0.508 e. The van der Waals surface area contributed by atoms with Crippen LogP contribution in [0.2, 0.25) is 0 Å². The van der Waals surface area contributed by atoms with Gasteiger partial charge in [-0.05, 0) is 68.2 Å². The number of aromatic hydroxyl groups is 1. The van der Waals surface area contributed by atoms with Crippen molar-refractivity contribution >= 4 is 17.0 Å². The molecule has 1 aromatic rings. The minimum atomic E-state index is 0. The second-order valence-electron chi connectivity index (χ2n) is 6.44. The van der Waals surface area contributed by atoms with Crippen LogP contribution in [-0.4, -0.2) is 17.2 Å². The molecule has 3 heteroatoms. The van der Waals surface area contributed by atoms with E-state index in [4.69, 9.17) is 0 Å². The zero-order valence-electron chi connectivity index (χ0n) is 11.7. The summed E-state index contributed by atoms with van der Waals surface area (Å²) in [7, 11) is 0. The Morgan fingerprint density at radius 3 is 2.89 bits per heavy atom. The molecule has 106 valence electrons. The summed E-state index contributed by atoms with van der Waals surface area (Å²) in [6.07, 6.45) is 3.77. The number of nitrogens with one attached hydrogen (secondary N) is 1. The van der Waals surface area contributed by atoms with E-state index in [1.165, 1.54) is 24.8 Å². The molecule has 0 aromatic heterocycles. The van der Waals surface area contributed by atoms with E-state index in [-0.39, 0.29) is 17.0 Å². The Morgan fingerprint density at radius 2 is 2.16 bits per heavy atom. The molecule has 1 saturated carbocycles. The van der Waals surface area contributed by atoms with Crippen molar-refractivity contribution in [2.45, 2.75) is 44.6 Å². The lowest BCUT2D eigenvalue weighted by Gasteiger charge is -2.51. The van der Waals surface area contributed by atoms with Crippen molar-refractivity contribution in [2.24, 2.45) is 11.8 Å². The summed E-state index contributed by atoms with van der Waals surface area (Å²) in [6.45, 7) is 5.88. The molecule has 0 radical (unpaired) electrons. The van der Waals surface area contributed by atoms with Gasteiger partial charge in [-0.15, -0.1) is 17.0 Å². The van der Waals surface area contributed by atoms with Crippen molar-refractivity contribution in [3.05, 3.63) is 29.8 Å². The van der Waals surface area contributed by atoms with E-state index in [9.17, 15) is 5.11 Å². The minimum absolute atomic E-state index is 0. The number of hydrogen-bond acceptors (Lipinski definition) is 2. The van der Waals surface area contributed by atoms with E-state index in [1.807, 2.05) is 12.1 Å². The highest BCUT2D eigenvalue weighted by Gasteiger charge is 2.45. The number of piperidine rings is 1. The molecule has 2 fully saturated rings. The van der Waals surface area contributed by atoms with Crippen molar-refractivity contribution in [2.75, 3.05) is 6.54 Å². The van der Waals surface area contributed by atoms with Crippen LogP contribution < -0.4 is 5.32 Å². The maximum absolute atomic E-state index is 9.67. The molecule has 1 aliphatic carbocycles. The van der Waals surface area contributed by atoms with Crippen molar-refractivity contribution in [1.29, 1.82) is 0 Å². The highest BCUT2D eigenvalue weighted by Crippen LogP contribution is 2.48. The molecule has 2 bridgehead atoms. The van der Waals surface area contributed by atoms with Gasteiger partial charge in [0.1, 0.15) is 5.75 Å². The Kier molecular flexibility index (Phi) is 4.26. The number of hydrogen-bond donors (Lipinski definition) is 2. The number of rotatable bonds is 1. The van der Waals surface area contributed by atoms with Gasteiger partial charge >= 0.3 is 0 Å². The van der Waals surface area contributed by atoms with Crippen LogP contribution in [0.25, 0.3) is 0 Å². The van der Waals surface area contributed by atoms with E-state index in [2.05, 4.69) is 25.2 Å². The number of phenols is 1. The first-order valence-corrected chi connectivity index (χ1v) is 7.12. The normalized spacial score (nSPS) is 37.5. The molecule has 4 atom stereocenters. The van der Waals surface area contributed by atoms with Crippen molar-refractivity contribution < 1.29 is 5.11 Å². The molecule has 1 aliphatic heterocycles. The lowest BCUT2D eigenvalue weighted by Crippen LogP contribution is -2.57. The molecule has 2 N–H and O–H groups in total. The molecular formula is C16H24BrNO. The number of halogens is 1. The van der Waals surface area contributed by atoms with E-state index in [0.29, 0.717) is 23.1 Å². The van der Waals surface area contributed by atoms with E-state index in [0.717, 1.165) is 12.5 Å². The summed E-state index contributed by atoms with van der Waals surface area (Å²) >= 11 is 0. The topological polar surface area (TPSA) is 32.3 Å². The van der Waals surface area contributed by atoms with Gasteiger partial charge in [-0.1, -0.05) is 19.1 Å². The fourth-order valence-corrected chi connectivity index (χ4v) is 3.98. The van der Waals surface area contributed by atoms with Gasteiger partial charge < -0.3 is 10.4 Å². The van der Waals surface area contributed by atoms with Crippen LogP contribution in [0.5, 0.6) is 5.75 Å². The van der Waals surface area contributed by atoms with Crippen LogP contribution in [0.3, 0.4) is 0 Å². The molecule has 3 rings (SSSR count). The Morgan fingerprint density at radius 1 is 1.37 bits per heavy atom. The molecule has 2 aliphatic rings. The third-order valence-electron chi connectivity index (χ3n) is 5.29. The van der Waals surface area contributed by atoms with Crippen LogP contribution in [0.4, 0.5) is 0 Å². The van der Waals surface area contributed by atoms with Crippen LogP contribution in [0, 0.1) is 11.8 Å². The molecule has 1 aromatic carbocycles. The summed E-state index contributed by atoms with van der Waals surface area (Å²) < 4.78 is 0. The largest absolute Gasteiger partial charge is 0.508 e. The van der Waals surface area contributed by atoms with Crippen molar-refractivity contribution in [1.82, 2.24) is 5.32 Å². The van der Waals surface area contributed by atoms with Gasteiger partial charge in [0.2, 0.25) is 0 Å². The molecule has 1 saturated heterocycles. The average molecular weight is 326 g/mol. The fourth-order valence-electron chi connectivity index (χ4n) is 3.98. The molecule has 19 heavy (non-hydrogen) atoms.